The maximum atomic E-state index is 11.3. The summed E-state index contributed by atoms with van der Waals surface area (Å²) in [4.78, 5) is 11.3. The molecule has 2 aromatic rings. The topological polar surface area (TPSA) is 101 Å². The fourth-order valence-corrected chi connectivity index (χ4v) is 6.52. The van der Waals surface area contributed by atoms with Gasteiger partial charge in [0.05, 0.1) is 46.2 Å². The molecule has 2 atom stereocenters. The Morgan fingerprint density at radius 1 is 0.737 bits per heavy atom. The number of aliphatic hydroxyl groups is 3. The van der Waals surface area contributed by atoms with Crippen molar-refractivity contribution in [1.29, 1.82) is 0 Å². The number of piperidine rings is 6. The van der Waals surface area contributed by atoms with Gasteiger partial charge in [-0.15, -0.1) is 0 Å². The molecule has 6 fully saturated rings. The number of hydrogen-bond donors (Lipinski definition) is 3. The fourth-order valence-electron chi connectivity index (χ4n) is 6.52. The van der Waals surface area contributed by atoms with Gasteiger partial charge in [-0.1, -0.05) is 60.7 Å². The summed E-state index contributed by atoms with van der Waals surface area (Å²) in [6.07, 6.45) is 5.00. The molecule has 8 heteroatoms. The Morgan fingerprint density at radius 2 is 1.05 bits per heavy atom. The summed E-state index contributed by atoms with van der Waals surface area (Å²) in [5, 5.41) is 40.7. The van der Waals surface area contributed by atoms with Crippen molar-refractivity contribution < 1.29 is 51.2 Å². The van der Waals surface area contributed by atoms with Crippen LogP contribution >= 0.6 is 0 Å². The van der Waals surface area contributed by atoms with E-state index in [4.69, 9.17) is 0 Å². The molecule has 0 aliphatic carbocycles. The zero-order valence-corrected chi connectivity index (χ0v) is 24.2. The molecule has 38 heavy (non-hydrogen) atoms. The van der Waals surface area contributed by atoms with Crippen LogP contribution in [0.5, 0.6) is 0 Å². The minimum Gasteiger partial charge on any atom is -1.00 e. The second-order valence-electron chi connectivity index (χ2n) is 12.0. The highest BCUT2D eigenvalue weighted by molar-refractivity contribution is 5.81. The van der Waals surface area contributed by atoms with Gasteiger partial charge in [0.15, 0.2) is 5.60 Å². The average Bonchev–Trinajstić information content (AvgIpc) is 2.90. The molecular weight excluding hydrogens is 548 g/mol. The maximum absolute atomic E-state index is 11.3. The molecule has 0 aromatic heterocycles. The number of halogens is 1. The number of hydrogen-bond acceptors (Lipinski definition) is 5. The standard InChI is InChI=1S/C14H12O3.2C8H16NO.BrH/c15-13(16)14(17,11-7-3-1-4-8-11)12-9-5-2-6-10-12;2*1-9-4-2-7(3-5-9)8(10)6-9;/h1-10,17H,(H,15,16);2*7-8,10H,2-6H2,1H3;1H/q;2*+1;/p-2. The van der Waals surface area contributed by atoms with Crippen molar-refractivity contribution >= 4 is 5.97 Å². The van der Waals surface area contributed by atoms with Crippen molar-refractivity contribution in [3.05, 3.63) is 71.8 Å². The lowest BCUT2D eigenvalue weighted by atomic mass is 9.84. The summed E-state index contributed by atoms with van der Waals surface area (Å²) in [6.45, 7) is 7.18. The van der Waals surface area contributed by atoms with Crippen molar-refractivity contribution in [1.82, 2.24) is 0 Å². The van der Waals surface area contributed by atoms with E-state index in [1.54, 1.807) is 60.7 Å². The summed E-state index contributed by atoms with van der Waals surface area (Å²) < 4.78 is 2.25. The quantitative estimate of drug-likeness (QED) is 0.363. The predicted molar refractivity (Wildman–Crippen MR) is 140 cm³/mol. The summed E-state index contributed by atoms with van der Waals surface area (Å²) in [5.74, 6) is -0.255. The Hall–Kier alpha value is -1.81. The molecule has 3 N–H and O–H groups in total. The summed E-state index contributed by atoms with van der Waals surface area (Å²) in [6, 6.07) is 16.4. The molecule has 0 saturated carbocycles. The van der Waals surface area contributed by atoms with Gasteiger partial charge in [0.25, 0.3) is 0 Å². The van der Waals surface area contributed by atoms with Crippen LogP contribution < -0.4 is 22.1 Å². The smallest absolute Gasteiger partial charge is 0.154 e. The highest BCUT2D eigenvalue weighted by Crippen LogP contribution is 2.33. The van der Waals surface area contributed by atoms with E-state index in [0.29, 0.717) is 11.8 Å². The van der Waals surface area contributed by atoms with E-state index in [2.05, 4.69) is 14.1 Å². The largest absolute Gasteiger partial charge is 1.00 e. The molecule has 2 aromatic carbocycles. The van der Waals surface area contributed by atoms with E-state index in [1.807, 2.05) is 0 Å². The zero-order valence-electron chi connectivity index (χ0n) is 22.6. The van der Waals surface area contributed by atoms with Crippen LogP contribution in [-0.2, 0) is 10.4 Å². The number of carbonyl (C=O) groups excluding carboxylic acids is 1. The maximum Gasteiger partial charge on any atom is 0.154 e. The van der Waals surface area contributed by atoms with Gasteiger partial charge in [-0.05, 0) is 11.1 Å². The number of carboxylic acids is 1. The molecule has 0 spiro atoms. The summed E-state index contributed by atoms with van der Waals surface area (Å²) in [5.41, 5.74) is -1.54. The monoisotopic (exact) mass is 590 g/mol. The Bertz CT molecular complexity index is 948. The third-order valence-corrected chi connectivity index (χ3v) is 9.18. The average molecular weight is 592 g/mol. The van der Waals surface area contributed by atoms with Crippen LogP contribution in [0.4, 0.5) is 0 Å². The van der Waals surface area contributed by atoms with Gasteiger partial charge in [0, 0.05) is 37.5 Å². The second-order valence-corrected chi connectivity index (χ2v) is 12.0. The molecule has 6 heterocycles. The molecule has 6 aliphatic heterocycles. The number of likely N-dealkylation sites (N-methyl/N-ethyl adjacent to an activating group) is 2. The molecule has 210 valence electrons. The number of benzene rings is 2. The first-order chi connectivity index (χ1) is 17.5. The normalized spacial score (nSPS) is 33.1. The third-order valence-electron chi connectivity index (χ3n) is 9.18. The minimum absolute atomic E-state index is 0. The molecule has 0 amide bonds. The number of carbonyl (C=O) groups is 1. The summed E-state index contributed by atoms with van der Waals surface area (Å²) in [7, 11) is 4.53. The summed E-state index contributed by atoms with van der Waals surface area (Å²) >= 11 is 0. The Kier molecular flexibility index (Phi) is 10.2. The van der Waals surface area contributed by atoms with Crippen molar-refractivity contribution in [2.24, 2.45) is 11.8 Å². The van der Waals surface area contributed by atoms with Gasteiger partial charge in [-0.2, -0.15) is 0 Å². The van der Waals surface area contributed by atoms with Crippen LogP contribution in [0.1, 0.15) is 36.8 Å². The first-order valence-electron chi connectivity index (χ1n) is 13.6. The van der Waals surface area contributed by atoms with E-state index < -0.39 is 11.6 Å². The number of rotatable bonds is 3. The van der Waals surface area contributed by atoms with Gasteiger partial charge in [-0.25, -0.2) is 0 Å². The van der Waals surface area contributed by atoms with Gasteiger partial charge in [-0.3, -0.25) is 0 Å². The molecule has 6 aliphatic rings. The van der Waals surface area contributed by atoms with Crippen LogP contribution in [0.25, 0.3) is 0 Å². The van der Waals surface area contributed by atoms with Gasteiger partial charge in [0.2, 0.25) is 0 Å². The lowest BCUT2D eigenvalue weighted by Gasteiger charge is -2.48. The zero-order chi connectivity index (χ0) is 26.7. The first-order valence-corrected chi connectivity index (χ1v) is 13.6. The SMILES string of the molecule is C[N+]12CCC(CC1)C(O)C2.C[N+]12CCC(CC1)C(O)C2.O=C([O-])C(O)(c1ccccc1)c1ccccc1.[Br-]. The number of aliphatic hydroxyl groups excluding tert-OH is 2. The predicted octanol–water partition coefficient (Wildman–Crippen LogP) is -1.89. The van der Waals surface area contributed by atoms with E-state index in [1.165, 1.54) is 51.9 Å². The number of quaternary nitrogens is 2. The Morgan fingerprint density at radius 3 is 1.26 bits per heavy atom. The Balaban J connectivity index is 0.000000164. The van der Waals surface area contributed by atoms with Crippen LogP contribution in [0.2, 0.25) is 0 Å². The number of nitrogens with zero attached hydrogens (tertiary/aromatic N) is 2. The fraction of sp³-hybridized carbons (Fsp3) is 0.567. The van der Waals surface area contributed by atoms with Crippen molar-refractivity contribution in [3.63, 3.8) is 0 Å². The second kappa shape index (κ2) is 12.6. The minimum atomic E-state index is -2.11. The third kappa shape index (κ3) is 6.84. The van der Waals surface area contributed by atoms with Crippen LogP contribution in [0.15, 0.2) is 60.7 Å². The van der Waals surface area contributed by atoms with Crippen LogP contribution in [-0.4, -0.2) is 95.8 Å². The lowest BCUT2D eigenvalue weighted by Crippen LogP contribution is -3.00. The molecule has 8 rings (SSSR count). The Labute approximate surface area is 237 Å². The molecule has 0 radical (unpaired) electrons. The van der Waals surface area contributed by atoms with Crippen LogP contribution in [0.3, 0.4) is 0 Å². The molecule has 6 saturated heterocycles. The number of carboxylic acid groups (broad SMARTS) is 1. The molecule has 7 nitrogen and oxygen atoms in total. The number of fused-ring (bicyclic) bond motifs is 6. The molecular formula is C30H43BrN2O5. The van der Waals surface area contributed by atoms with Crippen molar-refractivity contribution in [2.75, 3.05) is 53.4 Å². The van der Waals surface area contributed by atoms with Gasteiger partial charge >= 0.3 is 0 Å². The van der Waals surface area contributed by atoms with Crippen LogP contribution in [0, 0.1) is 11.8 Å². The van der Waals surface area contributed by atoms with Gasteiger partial charge in [0.1, 0.15) is 25.3 Å². The highest BCUT2D eigenvalue weighted by atomic mass is 79.9. The van der Waals surface area contributed by atoms with Crippen molar-refractivity contribution in [3.8, 4) is 0 Å². The molecule has 4 bridgehead atoms. The first kappa shape index (κ1) is 30.7. The van der Waals surface area contributed by atoms with E-state index >= 15 is 0 Å². The van der Waals surface area contributed by atoms with Crippen molar-refractivity contribution in [2.45, 2.75) is 43.5 Å². The van der Waals surface area contributed by atoms with Gasteiger partial charge < -0.3 is 51.2 Å². The lowest BCUT2D eigenvalue weighted by molar-refractivity contribution is -0.928. The van der Waals surface area contributed by atoms with E-state index in [-0.39, 0.29) is 40.3 Å². The van der Waals surface area contributed by atoms with E-state index in [0.717, 1.165) is 22.1 Å². The number of aliphatic carboxylic acids is 1. The molecule has 2 unspecified atom stereocenters. The highest BCUT2D eigenvalue weighted by Gasteiger charge is 2.43. The van der Waals surface area contributed by atoms with E-state index in [9.17, 15) is 25.2 Å².